The number of carbonyl (C=O) groups is 2. The quantitative estimate of drug-likeness (QED) is 0.452. The molecule has 0 amide bonds. The van der Waals surface area contributed by atoms with Crippen LogP contribution in [0.4, 0.5) is 0 Å². The Kier molecular flexibility index (Phi) is 8.11. The monoisotopic (exact) mass is 302 g/mol. The summed E-state index contributed by atoms with van der Waals surface area (Å²) in [5.74, 6) is -0.829. The van der Waals surface area contributed by atoms with Crippen molar-refractivity contribution in [2.45, 2.75) is 58.0 Å². The van der Waals surface area contributed by atoms with E-state index in [0.29, 0.717) is 16.8 Å². The normalized spacial score (nSPS) is 15.0. The van der Waals surface area contributed by atoms with Gasteiger partial charge in [-0.15, -0.1) is 0 Å². The fraction of sp³-hybridized carbons (Fsp3) is 0.875. The molecule has 21 heavy (non-hydrogen) atoms. The second kappa shape index (κ2) is 8.49. The van der Waals surface area contributed by atoms with E-state index in [1.807, 2.05) is 21.1 Å². The van der Waals surface area contributed by atoms with E-state index in [1.54, 1.807) is 0 Å². The van der Waals surface area contributed by atoms with Gasteiger partial charge in [-0.2, -0.15) is 0 Å². The van der Waals surface area contributed by atoms with Crippen LogP contribution in [0, 0.1) is 5.92 Å². The zero-order valence-electron chi connectivity index (χ0n) is 14.2. The molecular formula is C16H32NO4+. The van der Waals surface area contributed by atoms with Crippen LogP contribution < -0.4 is 0 Å². The van der Waals surface area contributed by atoms with Gasteiger partial charge in [-0.1, -0.05) is 33.1 Å². The van der Waals surface area contributed by atoms with E-state index in [-0.39, 0.29) is 18.7 Å². The number of aliphatic carboxylic acids is 1. The molecule has 0 aromatic carbocycles. The van der Waals surface area contributed by atoms with Crippen LogP contribution in [0.3, 0.4) is 0 Å². The smallest absolute Gasteiger partial charge is 0.306 e. The molecule has 0 radical (unpaired) electrons. The lowest BCUT2D eigenvalue weighted by atomic mass is 9.89. The Balaban J connectivity index is 4.49. The van der Waals surface area contributed by atoms with Gasteiger partial charge >= 0.3 is 5.97 Å². The fourth-order valence-electron chi connectivity index (χ4n) is 2.53. The maximum atomic E-state index is 12.3. The van der Waals surface area contributed by atoms with E-state index in [2.05, 4.69) is 13.8 Å². The van der Waals surface area contributed by atoms with Crippen LogP contribution in [0.2, 0.25) is 0 Å². The molecule has 0 aliphatic heterocycles. The summed E-state index contributed by atoms with van der Waals surface area (Å²) in [5, 5.41) is 19.4. The van der Waals surface area contributed by atoms with Gasteiger partial charge in [0.05, 0.1) is 27.6 Å². The van der Waals surface area contributed by atoms with E-state index in [9.17, 15) is 14.7 Å². The van der Waals surface area contributed by atoms with Crippen LogP contribution in [0.15, 0.2) is 0 Å². The van der Waals surface area contributed by atoms with E-state index in [0.717, 1.165) is 19.3 Å². The molecule has 0 saturated carbocycles. The minimum Gasteiger partial charge on any atom is -0.481 e. The summed E-state index contributed by atoms with van der Waals surface area (Å²) in [6.45, 7) is 4.44. The van der Waals surface area contributed by atoms with Gasteiger partial charge in [0, 0.05) is 6.42 Å². The zero-order chi connectivity index (χ0) is 16.7. The Morgan fingerprint density at radius 2 is 1.67 bits per heavy atom. The number of hydrogen-bond acceptors (Lipinski definition) is 3. The summed E-state index contributed by atoms with van der Waals surface area (Å²) in [6.07, 6.45) is 3.58. The van der Waals surface area contributed by atoms with E-state index in [1.165, 1.54) is 0 Å². The average Bonchev–Trinajstić information content (AvgIpc) is 2.23. The van der Waals surface area contributed by atoms with Gasteiger partial charge in [-0.3, -0.25) is 9.59 Å². The van der Waals surface area contributed by atoms with Gasteiger partial charge in [0.15, 0.2) is 11.4 Å². The van der Waals surface area contributed by atoms with E-state index < -0.39 is 18.0 Å². The van der Waals surface area contributed by atoms with Gasteiger partial charge in [-0.05, 0) is 12.3 Å². The van der Waals surface area contributed by atoms with Crippen molar-refractivity contribution >= 4 is 11.8 Å². The fourth-order valence-corrected chi connectivity index (χ4v) is 2.53. The van der Waals surface area contributed by atoms with Crippen LogP contribution >= 0.6 is 0 Å². The van der Waals surface area contributed by atoms with Crippen LogP contribution in [-0.2, 0) is 9.59 Å². The number of Topliss-reactive ketones (excluding diaryl/α,β-unsaturated/α-hetero) is 1. The number of unbranched alkanes of at least 4 members (excludes halogenated alkanes) is 2. The molecule has 0 aromatic rings. The average molecular weight is 302 g/mol. The number of aliphatic hydroxyl groups is 1. The highest BCUT2D eigenvalue weighted by Crippen LogP contribution is 2.20. The SMILES string of the molecule is CC(C)CCCCCC(=O)[C@@](O)(CC(=O)O)C[N+](C)(C)C. The molecule has 0 spiro atoms. The van der Waals surface area contributed by atoms with Crippen molar-refractivity contribution in [2.24, 2.45) is 5.92 Å². The summed E-state index contributed by atoms with van der Waals surface area (Å²) >= 11 is 0. The number of carbonyl (C=O) groups excluding carboxylic acids is 1. The molecule has 0 bridgehead atoms. The molecule has 1 atom stereocenters. The molecule has 5 heteroatoms. The molecule has 0 unspecified atom stereocenters. The standard InChI is InChI=1S/C16H31NO4/c1-13(2)9-7-6-8-10-14(18)16(21,11-15(19)20)12-17(3,4)5/h13,21H,6-12H2,1-5H3/p+1/t16-/m1/s1. The molecule has 0 fully saturated rings. The molecule has 0 saturated heterocycles. The molecule has 0 aliphatic carbocycles. The highest BCUT2D eigenvalue weighted by Gasteiger charge is 2.42. The Bertz CT molecular complexity index is 347. The van der Waals surface area contributed by atoms with Crippen LogP contribution in [0.1, 0.15) is 52.4 Å². The number of hydrogen-bond donors (Lipinski definition) is 2. The molecule has 0 heterocycles. The number of carboxylic acids is 1. The largest absolute Gasteiger partial charge is 0.481 e. The minimum absolute atomic E-state index is 0.115. The second-order valence-electron chi connectivity index (χ2n) is 7.47. The lowest BCUT2D eigenvalue weighted by molar-refractivity contribution is -0.875. The predicted molar refractivity (Wildman–Crippen MR) is 83.0 cm³/mol. The van der Waals surface area contributed by atoms with Crippen molar-refractivity contribution in [3.63, 3.8) is 0 Å². The van der Waals surface area contributed by atoms with Crippen LogP contribution in [0.5, 0.6) is 0 Å². The number of likely N-dealkylation sites (N-methyl/N-ethyl adjacent to an activating group) is 1. The first kappa shape index (κ1) is 20.1. The Morgan fingerprint density at radius 3 is 2.10 bits per heavy atom. The molecule has 0 aromatic heterocycles. The predicted octanol–water partition coefficient (Wildman–Crippen LogP) is 2.07. The summed E-state index contributed by atoms with van der Waals surface area (Å²) in [7, 11) is 5.51. The Morgan fingerprint density at radius 1 is 1.10 bits per heavy atom. The van der Waals surface area contributed by atoms with Crippen molar-refractivity contribution < 1.29 is 24.3 Å². The third-order valence-corrected chi connectivity index (χ3v) is 3.38. The Labute approximate surface area is 128 Å². The first-order valence-electron chi connectivity index (χ1n) is 7.74. The van der Waals surface area contributed by atoms with Gasteiger partial charge in [0.1, 0.15) is 6.54 Å². The van der Waals surface area contributed by atoms with Gasteiger partial charge in [0.25, 0.3) is 0 Å². The lowest BCUT2D eigenvalue weighted by Crippen LogP contribution is -2.54. The van der Waals surface area contributed by atoms with Crippen molar-refractivity contribution in [1.82, 2.24) is 0 Å². The number of ketones is 1. The lowest BCUT2D eigenvalue weighted by Gasteiger charge is -2.33. The van der Waals surface area contributed by atoms with Gasteiger partial charge in [0.2, 0.25) is 0 Å². The summed E-state index contributed by atoms with van der Waals surface area (Å²) < 4.78 is 0.350. The van der Waals surface area contributed by atoms with Crippen molar-refractivity contribution in [3.05, 3.63) is 0 Å². The summed E-state index contributed by atoms with van der Waals surface area (Å²) in [5.41, 5.74) is -1.76. The third kappa shape index (κ3) is 9.58. The molecule has 2 N–H and O–H groups in total. The highest BCUT2D eigenvalue weighted by molar-refractivity contribution is 5.90. The number of rotatable bonds is 11. The molecule has 0 rings (SSSR count). The maximum Gasteiger partial charge on any atom is 0.306 e. The molecule has 0 aliphatic rings. The van der Waals surface area contributed by atoms with E-state index >= 15 is 0 Å². The van der Waals surface area contributed by atoms with Gasteiger partial charge < -0.3 is 14.7 Å². The third-order valence-electron chi connectivity index (χ3n) is 3.38. The van der Waals surface area contributed by atoms with Crippen LogP contribution in [0.25, 0.3) is 0 Å². The van der Waals surface area contributed by atoms with E-state index in [4.69, 9.17) is 5.11 Å². The second-order valence-corrected chi connectivity index (χ2v) is 7.47. The highest BCUT2D eigenvalue weighted by atomic mass is 16.4. The van der Waals surface area contributed by atoms with Crippen molar-refractivity contribution in [3.8, 4) is 0 Å². The van der Waals surface area contributed by atoms with Crippen molar-refractivity contribution in [1.29, 1.82) is 0 Å². The number of carboxylic acid groups (broad SMARTS) is 1. The molecule has 5 nitrogen and oxygen atoms in total. The zero-order valence-corrected chi connectivity index (χ0v) is 14.2. The Hall–Kier alpha value is -0.940. The molecular weight excluding hydrogens is 270 g/mol. The van der Waals surface area contributed by atoms with Gasteiger partial charge in [-0.25, -0.2) is 0 Å². The van der Waals surface area contributed by atoms with Crippen LogP contribution in [-0.4, -0.2) is 59.7 Å². The number of quaternary nitrogens is 1. The summed E-state index contributed by atoms with van der Waals surface area (Å²) in [6, 6.07) is 0. The number of nitrogens with zero attached hydrogens (tertiary/aromatic N) is 1. The van der Waals surface area contributed by atoms with Crippen molar-refractivity contribution in [2.75, 3.05) is 27.7 Å². The maximum absolute atomic E-state index is 12.3. The first-order valence-corrected chi connectivity index (χ1v) is 7.74. The summed E-state index contributed by atoms with van der Waals surface area (Å²) in [4.78, 5) is 23.2. The minimum atomic E-state index is -1.76. The molecule has 124 valence electrons. The first-order chi connectivity index (χ1) is 9.46. The topological polar surface area (TPSA) is 74.6 Å².